The molecule has 0 aromatic heterocycles. The van der Waals surface area contributed by atoms with Crippen molar-refractivity contribution < 1.29 is 25.3 Å². The summed E-state index contributed by atoms with van der Waals surface area (Å²) in [6.45, 7) is 0. The van der Waals surface area contributed by atoms with Gasteiger partial charge >= 0.3 is 5.97 Å². The molecule has 0 spiro atoms. The molecule has 0 amide bonds. The molecule has 0 saturated heterocycles. The summed E-state index contributed by atoms with van der Waals surface area (Å²) in [6, 6.07) is 5.90. The molecule has 18 heavy (non-hydrogen) atoms. The number of carboxylic acids is 1. The van der Waals surface area contributed by atoms with E-state index in [0.29, 0.717) is 11.1 Å². The highest BCUT2D eigenvalue weighted by atomic mass is 16.4. The Balaban J connectivity index is 2.81. The number of aliphatic carboxylic acids is 1. The third-order valence-corrected chi connectivity index (χ3v) is 2.40. The summed E-state index contributed by atoms with van der Waals surface area (Å²) in [4.78, 5) is 10.4. The Labute approximate surface area is 103 Å². The largest absolute Gasteiger partial charge is 0.481 e. The van der Waals surface area contributed by atoms with Gasteiger partial charge in [-0.05, 0) is 5.56 Å². The van der Waals surface area contributed by atoms with Crippen molar-refractivity contribution >= 4 is 11.8 Å². The fraction of sp³-hybridized carbons (Fsp3) is 0.273. The van der Waals surface area contributed by atoms with Crippen LogP contribution in [0.5, 0.6) is 0 Å². The van der Waals surface area contributed by atoms with Crippen LogP contribution in [0.1, 0.15) is 23.7 Å². The van der Waals surface area contributed by atoms with E-state index in [-0.39, 0.29) is 5.84 Å². The molecule has 7 heteroatoms. The number of rotatable bonds is 5. The van der Waals surface area contributed by atoms with Crippen molar-refractivity contribution in [1.29, 1.82) is 0 Å². The van der Waals surface area contributed by atoms with Crippen molar-refractivity contribution in [2.75, 3.05) is 0 Å². The van der Waals surface area contributed by atoms with Crippen molar-refractivity contribution in [2.24, 2.45) is 10.9 Å². The maximum Gasteiger partial charge on any atom is 0.306 e. The SMILES string of the molecule is NC(=NO)c1ccc(C(O)C(O)CC(=O)O)cc1. The van der Waals surface area contributed by atoms with Gasteiger partial charge in [0.2, 0.25) is 0 Å². The van der Waals surface area contributed by atoms with Crippen molar-refractivity contribution in [1.82, 2.24) is 0 Å². The quantitative estimate of drug-likeness (QED) is 0.211. The van der Waals surface area contributed by atoms with E-state index in [1.807, 2.05) is 0 Å². The lowest BCUT2D eigenvalue weighted by Crippen LogP contribution is -2.22. The average Bonchev–Trinajstić information content (AvgIpc) is 2.36. The van der Waals surface area contributed by atoms with Crippen molar-refractivity contribution in [3.63, 3.8) is 0 Å². The highest BCUT2D eigenvalue weighted by molar-refractivity contribution is 5.96. The van der Waals surface area contributed by atoms with Gasteiger partial charge < -0.3 is 26.3 Å². The number of benzene rings is 1. The summed E-state index contributed by atoms with van der Waals surface area (Å²) in [6.07, 6.45) is -3.25. The summed E-state index contributed by atoms with van der Waals surface area (Å²) >= 11 is 0. The second-order valence-electron chi connectivity index (χ2n) is 3.72. The summed E-state index contributed by atoms with van der Waals surface area (Å²) < 4.78 is 0. The Morgan fingerprint density at radius 3 is 2.28 bits per heavy atom. The van der Waals surface area contributed by atoms with Crippen LogP contribution < -0.4 is 5.73 Å². The van der Waals surface area contributed by atoms with E-state index in [9.17, 15) is 15.0 Å². The van der Waals surface area contributed by atoms with Gasteiger partial charge in [0.05, 0.1) is 12.5 Å². The van der Waals surface area contributed by atoms with Crippen LogP contribution in [0.2, 0.25) is 0 Å². The Kier molecular flexibility index (Phi) is 4.64. The van der Waals surface area contributed by atoms with Gasteiger partial charge in [0.15, 0.2) is 5.84 Å². The standard InChI is InChI=1S/C11H14N2O5/c12-11(13-18)7-3-1-6(2-4-7)10(17)8(14)5-9(15)16/h1-4,8,10,14,17-18H,5H2,(H2,12,13)(H,15,16). The number of nitrogens with two attached hydrogens (primary N) is 1. The number of aliphatic hydroxyl groups is 2. The molecule has 7 nitrogen and oxygen atoms in total. The van der Waals surface area contributed by atoms with Crippen LogP contribution in [0, 0.1) is 0 Å². The number of aliphatic hydroxyl groups excluding tert-OH is 2. The number of carboxylic acid groups (broad SMARTS) is 1. The highest BCUT2D eigenvalue weighted by Gasteiger charge is 2.21. The van der Waals surface area contributed by atoms with Gasteiger partial charge in [0, 0.05) is 5.56 Å². The molecule has 98 valence electrons. The van der Waals surface area contributed by atoms with Gasteiger partial charge in [0.1, 0.15) is 6.10 Å². The van der Waals surface area contributed by atoms with E-state index >= 15 is 0 Å². The average molecular weight is 254 g/mol. The predicted octanol–water partition coefficient (Wildman–Crippen LogP) is -0.350. The number of amidine groups is 1. The Bertz CT molecular complexity index is 443. The van der Waals surface area contributed by atoms with Crippen LogP contribution in [-0.4, -0.2) is 38.4 Å². The number of hydrogen-bond donors (Lipinski definition) is 5. The van der Waals surface area contributed by atoms with E-state index in [1.54, 1.807) is 0 Å². The summed E-state index contributed by atoms with van der Waals surface area (Å²) in [5, 5.41) is 38.9. The molecule has 0 fully saturated rings. The maximum absolute atomic E-state index is 10.4. The van der Waals surface area contributed by atoms with Gasteiger partial charge in [-0.2, -0.15) is 0 Å². The first-order valence-electron chi connectivity index (χ1n) is 5.11. The smallest absolute Gasteiger partial charge is 0.306 e. The summed E-state index contributed by atoms with van der Waals surface area (Å²) in [7, 11) is 0. The maximum atomic E-state index is 10.4. The predicted molar refractivity (Wildman–Crippen MR) is 62.2 cm³/mol. The Morgan fingerprint density at radius 2 is 1.83 bits per heavy atom. The normalized spacial score (nSPS) is 15.1. The van der Waals surface area contributed by atoms with Crippen LogP contribution in [0.3, 0.4) is 0 Å². The van der Waals surface area contributed by atoms with Crippen LogP contribution in [0.4, 0.5) is 0 Å². The molecule has 0 aliphatic carbocycles. The van der Waals surface area contributed by atoms with Crippen LogP contribution >= 0.6 is 0 Å². The second kappa shape index (κ2) is 5.99. The summed E-state index contributed by atoms with van der Waals surface area (Å²) in [5.74, 6) is -1.28. The van der Waals surface area contributed by atoms with Gasteiger partial charge in [-0.15, -0.1) is 0 Å². The Hall–Kier alpha value is -2.12. The molecule has 0 heterocycles. The molecule has 2 unspecified atom stereocenters. The zero-order chi connectivity index (χ0) is 13.7. The molecular weight excluding hydrogens is 240 g/mol. The van der Waals surface area contributed by atoms with Gasteiger partial charge in [-0.3, -0.25) is 4.79 Å². The molecule has 0 radical (unpaired) electrons. The van der Waals surface area contributed by atoms with E-state index in [2.05, 4.69) is 5.16 Å². The van der Waals surface area contributed by atoms with E-state index in [1.165, 1.54) is 24.3 Å². The molecule has 1 aromatic rings. The van der Waals surface area contributed by atoms with Crippen LogP contribution in [0.25, 0.3) is 0 Å². The van der Waals surface area contributed by atoms with Crippen molar-refractivity contribution in [3.05, 3.63) is 35.4 Å². The Morgan fingerprint density at radius 1 is 1.28 bits per heavy atom. The van der Waals surface area contributed by atoms with Crippen LogP contribution in [-0.2, 0) is 4.79 Å². The van der Waals surface area contributed by atoms with Crippen molar-refractivity contribution in [2.45, 2.75) is 18.6 Å². The lowest BCUT2D eigenvalue weighted by molar-refractivity contribution is -0.141. The first-order chi connectivity index (χ1) is 8.45. The molecule has 0 saturated carbocycles. The lowest BCUT2D eigenvalue weighted by Gasteiger charge is -2.16. The van der Waals surface area contributed by atoms with Crippen molar-refractivity contribution in [3.8, 4) is 0 Å². The fourth-order valence-corrected chi connectivity index (χ4v) is 1.42. The minimum Gasteiger partial charge on any atom is -0.481 e. The molecule has 1 rings (SSSR count). The topological polar surface area (TPSA) is 136 Å². The minimum atomic E-state index is -1.39. The molecule has 1 aromatic carbocycles. The fourth-order valence-electron chi connectivity index (χ4n) is 1.42. The van der Waals surface area contributed by atoms with E-state index in [4.69, 9.17) is 16.0 Å². The van der Waals surface area contributed by atoms with E-state index in [0.717, 1.165) is 0 Å². The molecule has 0 bridgehead atoms. The second-order valence-corrected chi connectivity index (χ2v) is 3.72. The first-order valence-corrected chi connectivity index (χ1v) is 5.11. The van der Waals surface area contributed by atoms with Gasteiger partial charge in [-0.25, -0.2) is 0 Å². The molecule has 0 aliphatic heterocycles. The van der Waals surface area contributed by atoms with Crippen LogP contribution in [0.15, 0.2) is 29.4 Å². The monoisotopic (exact) mass is 254 g/mol. The zero-order valence-corrected chi connectivity index (χ0v) is 9.39. The number of oxime groups is 1. The van der Waals surface area contributed by atoms with E-state index < -0.39 is 24.6 Å². The molecule has 0 aliphatic rings. The number of hydrogen-bond acceptors (Lipinski definition) is 5. The third kappa shape index (κ3) is 3.44. The third-order valence-electron chi connectivity index (χ3n) is 2.40. The van der Waals surface area contributed by atoms with Gasteiger partial charge in [0.25, 0.3) is 0 Å². The minimum absolute atomic E-state index is 0.0814. The summed E-state index contributed by atoms with van der Waals surface area (Å²) in [5.41, 5.74) is 6.15. The first kappa shape index (κ1) is 13.9. The van der Waals surface area contributed by atoms with Gasteiger partial charge in [-0.1, -0.05) is 29.4 Å². The lowest BCUT2D eigenvalue weighted by atomic mass is 10.0. The molecule has 6 N–H and O–H groups in total. The number of nitrogens with zero attached hydrogens (tertiary/aromatic N) is 1. The zero-order valence-electron chi connectivity index (χ0n) is 9.39. The molecule has 2 atom stereocenters. The number of carbonyl (C=O) groups is 1. The highest BCUT2D eigenvalue weighted by Crippen LogP contribution is 2.19. The molecular formula is C11H14N2O5.